The van der Waals surface area contributed by atoms with E-state index in [1.165, 1.54) is 30.3 Å². The quantitative estimate of drug-likeness (QED) is 0.614. The van der Waals surface area contributed by atoms with Gasteiger partial charge in [0.15, 0.2) is 0 Å². The summed E-state index contributed by atoms with van der Waals surface area (Å²) in [6.07, 6.45) is 0.550. The Balaban J connectivity index is 1.57. The number of fused-ring (bicyclic) bond motifs is 3. The lowest BCUT2D eigenvalue weighted by Crippen LogP contribution is -2.57. The van der Waals surface area contributed by atoms with E-state index in [9.17, 15) is 27.6 Å². The van der Waals surface area contributed by atoms with Crippen LogP contribution in [0.2, 0.25) is 0 Å². The molecule has 4 heterocycles. The first kappa shape index (κ1) is 21.7. The maximum atomic E-state index is 13.1. The van der Waals surface area contributed by atoms with Gasteiger partial charge in [-0.05, 0) is 25.5 Å². The van der Waals surface area contributed by atoms with Crippen LogP contribution in [0.3, 0.4) is 0 Å². The second kappa shape index (κ2) is 7.88. The second-order valence-corrected chi connectivity index (χ2v) is 7.85. The predicted octanol–water partition coefficient (Wildman–Crippen LogP) is 0.466. The fraction of sp³-hybridized carbons (Fsp3) is 0.474. The van der Waals surface area contributed by atoms with E-state index in [0.29, 0.717) is 31.0 Å². The third kappa shape index (κ3) is 3.89. The molecule has 3 amide bonds. The molecule has 172 valence electrons. The van der Waals surface area contributed by atoms with Crippen LogP contribution in [-0.2, 0) is 11.8 Å². The molecule has 3 aliphatic heterocycles. The van der Waals surface area contributed by atoms with Crippen LogP contribution in [0.4, 0.5) is 23.7 Å². The lowest BCUT2D eigenvalue weighted by molar-refractivity contribution is -0.158. The van der Waals surface area contributed by atoms with Crippen LogP contribution >= 0.6 is 0 Å². The van der Waals surface area contributed by atoms with Crippen molar-refractivity contribution < 1.29 is 22.8 Å². The van der Waals surface area contributed by atoms with E-state index in [1.807, 2.05) is 10.2 Å². The van der Waals surface area contributed by atoms with Crippen LogP contribution in [0.25, 0.3) is 0 Å². The van der Waals surface area contributed by atoms with Gasteiger partial charge >= 0.3 is 12.2 Å². The summed E-state index contributed by atoms with van der Waals surface area (Å²) in [7, 11) is 1.45. The fourth-order valence-electron chi connectivity index (χ4n) is 3.92. The molecule has 0 aliphatic carbocycles. The Kier molecular flexibility index (Phi) is 5.34. The van der Waals surface area contributed by atoms with E-state index in [2.05, 4.69) is 15.7 Å². The summed E-state index contributed by atoms with van der Waals surface area (Å²) in [4.78, 5) is 41.3. The first-order chi connectivity index (χ1) is 15.1. The molecule has 0 saturated carbocycles. The van der Waals surface area contributed by atoms with Gasteiger partial charge in [0, 0.05) is 26.3 Å². The van der Waals surface area contributed by atoms with Gasteiger partial charge in [-0.3, -0.25) is 14.5 Å². The summed E-state index contributed by atoms with van der Waals surface area (Å²) in [5, 5.41) is 11.2. The summed E-state index contributed by atoms with van der Waals surface area (Å²) in [6.45, 7) is 2.10. The van der Waals surface area contributed by atoms with E-state index in [0.717, 1.165) is 11.6 Å². The normalized spacial score (nSPS) is 22.9. The van der Waals surface area contributed by atoms with Crippen molar-refractivity contribution in [1.82, 2.24) is 30.2 Å². The number of hydrogen-bond acceptors (Lipinski definition) is 6. The number of dihydropyridines is 1. The number of carbonyl (C=O) groups excluding carboxylic acids is 2. The number of allylic oxidation sites excluding steroid dienone is 1. The number of rotatable bonds is 3. The molecule has 1 aromatic heterocycles. The third-order valence-corrected chi connectivity index (χ3v) is 5.69. The highest BCUT2D eigenvalue weighted by atomic mass is 19.4. The highest BCUT2D eigenvalue weighted by molar-refractivity contribution is 5.91. The van der Waals surface area contributed by atoms with Gasteiger partial charge in [0.1, 0.15) is 23.6 Å². The van der Waals surface area contributed by atoms with Gasteiger partial charge < -0.3 is 20.9 Å². The Morgan fingerprint density at radius 2 is 2.09 bits per heavy atom. The van der Waals surface area contributed by atoms with Gasteiger partial charge in [-0.1, -0.05) is 6.08 Å². The molecule has 32 heavy (non-hydrogen) atoms. The molecule has 1 aromatic rings. The number of anilines is 1. The molecule has 1 saturated heterocycles. The molecular weight excluding hydrogens is 431 g/mol. The number of carbonyl (C=O) groups is 2. The van der Waals surface area contributed by atoms with E-state index in [4.69, 9.17) is 0 Å². The lowest BCUT2D eigenvalue weighted by Gasteiger charge is -2.41. The van der Waals surface area contributed by atoms with Gasteiger partial charge in [0.25, 0.3) is 5.56 Å². The largest absolute Gasteiger partial charge is 0.408 e. The predicted molar refractivity (Wildman–Crippen MR) is 107 cm³/mol. The molecule has 2 bridgehead atoms. The van der Waals surface area contributed by atoms with Crippen molar-refractivity contribution in [3.05, 3.63) is 46.3 Å². The third-order valence-electron chi connectivity index (χ3n) is 5.69. The highest BCUT2D eigenvalue weighted by Gasteiger charge is 2.43. The summed E-state index contributed by atoms with van der Waals surface area (Å²) in [5.41, 5.74) is 0.203. The van der Waals surface area contributed by atoms with E-state index < -0.39 is 35.8 Å². The second-order valence-electron chi connectivity index (χ2n) is 7.85. The molecule has 4 rings (SSSR count). The number of nitrogens with zero attached hydrogens (tertiary/aromatic N) is 4. The van der Waals surface area contributed by atoms with Gasteiger partial charge in [-0.25, -0.2) is 9.48 Å². The number of aromatic nitrogens is 2. The first-order valence-electron chi connectivity index (χ1n) is 10.00. The maximum absolute atomic E-state index is 13.1. The first-order valence-corrected chi connectivity index (χ1v) is 10.00. The van der Waals surface area contributed by atoms with E-state index in [-0.39, 0.29) is 11.7 Å². The zero-order valence-corrected chi connectivity index (χ0v) is 17.3. The van der Waals surface area contributed by atoms with Crippen LogP contribution in [0.1, 0.15) is 13.3 Å². The van der Waals surface area contributed by atoms with Crippen LogP contribution < -0.4 is 21.5 Å². The Labute approximate surface area is 180 Å². The molecule has 0 spiro atoms. The molecular formula is C19H22F3N7O3. The number of urea groups is 1. The molecule has 0 aromatic carbocycles. The molecule has 3 aliphatic rings. The molecule has 10 nitrogen and oxygen atoms in total. The number of nitrogens with one attached hydrogen (secondary N) is 3. The summed E-state index contributed by atoms with van der Waals surface area (Å²) < 4.78 is 39.6. The molecule has 3 N–H and O–H groups in total. The van der Waals surface area contributed by atoms with Crippen molar-refractivity contribution in [3.8, 4) is 0 Å². The standard InChI is InChI=1S/C19H22F3N7O3/c1-10(19(20,21)22)24-16(30)12-3-4-14-15(25-12)29(11-6-8-28(14)9-11)18(32)26-13-5-7-23-27(2)17(13)31/h3-5,7,10-12,25H,6,8-9H2,1-2H3,(H,24,30)(H,26,32)/t10-,11+,12?/m1/s1. The number of halogens is 3. The minimum Gasteiger partial charge on any atom is -0.366 e. The molecule has 0 radical (unpaired) electrons. The van der Waals surface area contributed by atoms with Gasteiger partial charge in [0.2, 0.25) is 5.91 Å². The molecule has 1 unspecified atom stereocenters. The Bertz CT molecular complexity index is 1060. The minimum atomic E-state index is -4.57. The Hall–Kier alpha value is -3.51. The fourth-order valence-corrected chi connectivity index (χ4v) is 3.92. The number of aryl methyl sites for hydroxylation is 1. The Morgan fingerprint density at radius 3 is 2.81 bits per heavy atom. The monoisotopic (exact) mass is 453 g/mol. The van der Waals surface area contributed by atoms with Crippen molar-refractivity contribution in [2.75, 3.05) is 18.4 Å². The topological polar surface area (TPSA) is 112 Å². The van der Waals surface area contributed by atoms with Crippen LogP contribution in [0, 0.1) is 0 Å². The van der Waals surface area contributed by atoms with Crippen molar-refractivity contribution in [1.29, 1.82) is 0 Å². The molecule has 13 heteroatoms. The number of amides is 3. The zero-order chi connectivity index (χ0) is 23.2. The number of hydrogen-bond donors (Lipinski definition) is 3. The minimum absolute atomic E-state index is 0.0368. The number of alkyl halides is 3. The van der Waals surface area contributed by atoms with Crippen LogP contribution in [0.15, 0.2) is 40.7 Å². The smallest absolute Gasteiger partial charge is 0.366 e. The summed E-state index contributed by atoms with van der Waals surface area (Å²) in [5.74, 6) is -0.557. The highest BCUT2D eigenvalue weighted by Crippen LogP contribution is 2.33. The van der Waals surface area contributed by atoms with Gasteiger partial charge in [-0.2, -0.15) is 18.3 Å². The molecule has 3 atom stereocenters. The van der Waals surface area contributed by atoms with Gasteiger partial charge in [0.05, 0.1) is 11.7 Å². The zero-order valence-electron chi connectivity index (χ0n) is 17.3. The SMILES string of the molecule is C[C@@H](NC(=O)C1C=CC2=C(N1)N(C(=O)Nc1ccnn(C)c1=O)[C@H]1CCN2C1)C(F)(F)F. The molecule has 1 fully saturated rings. The maximum Gasteiger partial charge on any atom is 0.408 e. The Morgan fingerprint density at radius 1 is 1.34 bits per heavy atom. The van der Waals surface area contributed by atoms with Crippen molar-refractivity contribution in [3.63, 3.8) is 0 Å². The van der Waals surface area contributed by atoms with Crippen LogP contribution in [0.5, 0.6) is 0 Å². The lowest BCUT2D eigenvalue weighted by atomic mass is 10.1. The van der Waals surface area contributed by atoms with E-state index in [1.54, 1.807) is 6.08 Å². The van der Waals surface area contributed by atoms with Crippen molar-refractivity contribution >= 4 is 17.6 Å². The van der Waals surface area contributed by atoms with Crippen LogP contribution in [-0.4, -0.2) is 68.9 Å². The van der Waals surface area contributed by atoms with Gasteiger partial charge in [-0.15, -0.1) is 0 Å². The average molecular weight is 453 g/mol. The van der Waals surface area contributed by atoms with Crippen molar-refractivity contribution in [2.45, 2.75) is 37.6 Å². The van der Waals surface area contributed by atoms with Crippen molar-refractivity contribution in [2.24, 2.45) is 7.05 Å². The van der Waals surface area contributed by atoms with E-state index >= 15 is 0 Å². The summed E-state index contributed by atoms with van der Waals surface area (Å²) >= 11 is 0. The summed E-state index contributed by atoms with van der Waals surface area (Å²) in [6, 6.07) is -2.55. The average Bonchev–Trinajstić information content (AvgIpc) is 3.14.